The van der Waals surface area contributed by atoms with E-state index >= 15 is 0 Å². The monoisotopic (exact) mass is 386 g/mol. The van der Waals surface area contributed by atoms with E-state index in [9.17, 15) is 9.59 Å². The molecule has 2 aromatic rings. The van der Waals surface area contributed by atoms with Gasteiger partial charge in [-0.2, -0.15) is 5.10 Å². The largest absolute Gasteiger partial charge is 0.407 e. The van der Waals surface area contributed by atoms with Gasteiger partial charge in [-0.1, -0.05) is 20.8 Å². The molecular formula is C21H26N2O3S. The van der Waals surface area contributed by atoms with Crippen LogP contribution in [0.4, 0.5) is 0 Å². The summed E-state index contributed by atoms with van der Waals surface area (Å²) in [6.07, 6.45) is 1.51. The van der Waals surface area contributed by atoms with E-state index in [1.54, 1.807) is 18.5 Å². The number of carbonyl (C=O) groups excluding carboxylic acids is 2. The van der Waals surface area contributed by atoms with Crippen LogP contribution in [0.1, 0.15) is 66.2 Å². The van der Waals surface area contributed by atoms with Crippen LogP contribution in [0.5, 0.6) is 5.88 Å². The minimum atomic E-state index is -0.369. The standard InChI is InChI=1S/C21H26N2O3S/c1-7-23-20(26-21(25)11(2)3)16(9-22-23)18(24)15-8-12(4)19-17(14(15)6)13(5)10-27-19/h8-9,11,13H,7,10H2,1-6H3. The van der Waals surface area contributed by atoms with Crippen LogP contribution in [-0.4, -0.2) is 27.3 Å². The Labute approximate surface area is 164 Å². The summed E-state index contributed by atoms with van der Waals surface area (Å²) in [7, 11) is 0. The lowest BCUT2D eigenvalue weighted by Gasteiger charge is -2.15. The van der Waals surface area contributed by atoms with Gasteiger partial charge < -0.3 is 4.74 Å². The summed E-state index contributed by atoms with van der Waals surface area (Å²) in [5, 5.41) is 4.25. The number of aromatic nitrogens is 2. The Balaban J connectivity index is 2.08. The molecule has 0 fully saturated rings. The second-order valence-electron chi connectivity index (χ2n) is 7.40. The van der Waals surface area contributed by atoms with Crippen molar-refractivity contribution in [2.24, 2.45) is 5.92 Å². The smallest absolute Gasteiger partial charge is 0.315 e. The first kappa shape index (κ1) is 19.7. The number of hydrogen-bond acceptors (Lipinski definition) is 5. The maximum Gasteiger partial charge on any atom is 0.315 e. The maximum absolute atomic E-state index is 13.4. The summed E-state index contributed by atoms with van der Waals surface area (Å²) >= 11 is 1.86. The predicted octanol–water partition coefficient (Wildman–Crippen LogP) is 4.52. The Morgan fingerprint density at radius 1 is 1.33 bits per heavy atom. The third kappa shape index (κ3) is 3.43. The van der Waals surface area contributed by atoms with Gasteiger partial charge in [0.15, 0.2) is 5.78 Å². The Hall–Kier alpha value is -2.08. The molecular weight excluding hydrogens is 360 g/mol. The van der Waals surface area contributed by atoms with Crippen LogP contribution >= 0.6 is 11.8 Å². The molecule has 144 valence electrons. The van der Waals surface area contributed by atoms with E-state index in [1.807, 2.05) is 31.7 Å². The number of esters is 1. The molecule has 1 unspecified atom stereocenters. The number of hydrogen-bond donors (Lipinski definition) is 0. The van der Waals surface area contributed by atoms with Crippen LogP contribution < -0.4 is 4.74 Å². The molecule has 3 rings (SSSR count). The lowest BCUT2D eigenvalue weighted by Crippen LogP contribution is -2.19. The first-order chi connectivity index (χ1) is 12.8. The third-order valence-electron chi connectivity index (χ3n) is 4.99. The SMILES string of the molecule is CCn1ncc(C(=O)c2cc(C)c3c(c2C)C(C)CS3)c1OC(=O)C(C)C. The maximum atomic E-state index is 13.4. The van der Waals surface area contributed by atoms with Gasteiger partial charge in [0.05, 0.1) is 12.1 Å². The average Bonchev–Trinajstić information content (AvgIpc) is 3.21. The molecule has 27 heavy (non-hydrogen) atoms. The van der Waals surface area contributed by atoms with Crippen molar-refractivity contribution >= 4 is 23.5 Å². The van der Waals surface area contributed by atoms with Crippen molar-refractivity contribution in [1.29, 1.82) is 0 Å². The van der Waals surface area contributed by atoms with E-state index in [0.717, 1.165) is 16.9 Å². The normalized spacial score (nSPS) is 15.9. The highest BCUT2D eigenvalue weighted by atomic mass is 32.2. The van der Waals surface area contributed by atoms with Crippen LogP contribution in [0, 0.1) is 19.8 Å². The fourth-order valence-electron chi connectivity index (χ4n) is 3.45. The Morgan fingerprint density at radius 2 is 2.04 bits per heavy atom. The van der Waals surface area contributed by atoms with Gasteiger partial charge in [-0.3, -0.25) is 9.59 Å². The van der Waals surface area contributed by atoms with Gasteiger partial charge in [0.1, 0.15) is 5.56 Å². The predicted molar refractivity (Wildman–Crippen MR) is 107 cm³/mol. The molecule has 0 spiro atoms. The fraction of sp³-hybridized carbons (Fsp3) is 0.476. The van der Waals surface area contributed by atoms with Crippen LogP contribution in [0.2, 0.25) is 0 Å². The fourth-order valence-corrected chi connectivity index (χ4v) is 4.83. The van der Waals surface area contributed by atoms with Crippen molar-refractivity contribution in [2.75, 3.05) is 5.75 Å². The molecule has 0 saturated carbocycles. The number of ketones is 1. The number of aryl methyl sites for hydroxylation is 2. The van der Waals surface area contributed by atoms with E-state index in [1.165, 1.54) is 16.7 Å². The van der Waals surface area contributed by atoms with Gasteiger partial charge in [-0.15, -0.1) is 11.8 Å². The van der Waals surface area contributed by atoms with Crippen LogP contribution in [-0.2, 0) is 11.3 Å². The molecule has 1 aliphatic rings. The van der Waals surface area contributed by atoms with Crippen molar-refractivity contribution < 1.29 is 14.3 Å². The molecule has 1 aliphatic heterocycles. The molecule has 0 bridgehead atoms. The molecule has 1 atom stereocenters. The number of ether oxygens (including phenoxy) is 1. The van der Waals surface area contributed by atoms with Crippen LogP contribution in [0.25, 0.3) is 0 Å². The average molecular weight is 387 g/mol. The lowest BCUT2D eigenvalue weighted by molar-refractivity contribution is -0.138. The minimum Gasteiger partial charge on any atom is -0.407 e. The van der Waals surface area contributed by atoms with E-state index in [-0.39, 0.29) is 23.6 Å². The molecule has 0 aliphatic carbocycles. The number of thioether (sulfide) groups is 1. The molecule has 0 N–H and O–H groups in total. The zero-order valence-corrected chi connectivity index (χ0v) is 17.6. The van der Waals surface area contributed by atoms with Crippen molar-refractivity contribution in [3.63, 3.8) is 0 Å². The first-order valence-electron chi connectivity index (χ1n) is 9.35. The van der Waals surface area contributed by atoms with E-state index in [2.05, 4.69) is 18.9 Å². The number of carbonyl (C=O) groups is 2. The van der Waals surface area contributed by atoms with Crippen LogP contribution in [0.3, 0.4) is 0 Å². The molecule has 5 nitrogen and oxygen atoms in total. The summed E-state index contributed by atoms with van der Waals surface area (Å²) in [6.45, 7) is 12.2. The second-order valence-corrected chi connectivity index (χ2v) is 8.44. The molecule has 0 amide bonds. The number of nitrogens with zero attached hydrogens (tertiary/aromatic N) is 2. The van der Waals surface area contributed by atoms with Gasteiger partial charge in [0.25, 0.3) is 0 Å². The summed E-state index contributed by atoms with van der Waals surface area (Å²) in [4.78, 5) is 26.8. The topological polar surface area (TPSA) is 61.2 Å². The molecule has 0 radical (unpaired) electrons. The summed E-state index contributed by atoms with van der Waals surface area (Å²) < 4.78 is 7.09. The lowest BCUT2D eigenvalue weighted by atomic mass is 9.89. The summed E-state index contributed by atoms with van der Waals surface area (Å²) in [6, 6.07) is 1.96. The molecule has 2 heterocycles. The van der Waals surface area contributed by atoms with Crippen LogP contribution in [0.15, 0.2) is 17.2 Å². The molecule has 6 heteroatoms. The van der Waals surface area contributed by atoms with Crippen molar-refractivity contribution in [3.05, 3.63) is 40.1 Å². The zero-order chi connectivity index (χ0) is 19.9. The Kier molecular flexibility index (Phi) is 5.47. The van der Waals surface area contributed by atoms with Gasteiger partial charge in [0.2, 0.25) is 5.88 Å². The number of benzene rings is 1. The zero-order valence-electron chi connectivity index (χ0n) is 16.8. The van der Waals surface area contributed by atoms with Crippen molar-refractivity contribution in [1.82, 2.24) is 9.78 Å². The highest BCUT2D eigenvalue weighted by Gasteiger charge is 2.29. The van der Waals surface area contributed by atoms with Gasteiger partial charge in [0, 0.05) is 22.8 Å². The van der Waals surface area contributed by atoms with Crippen molar-refractivity contribution in [3.8, 4) is 5.88 Å². The Morgan fingerprint density at radius 3 is 2.67 bits per heavy atom. The van der Waals surface area contributed by atoms with E-state index in [0.29, 0.717) is 23.6 Å². The third-order valence-corrected chi connectivity index (χ3v) is 6.49. The summed E-state index contributed by atoms with van der Waals surface area (Å²) in [5.74, 6) is 0.906. The van der Waals surface area contributed by atoms with E-state index < -0.39 is 0 Å². The van der Waals surface area contributed by atoms with Gasteiger partial charge in [-0.05, 0) is 49.4 Å². The molecule has 0 saturated heterocycles. The van der Waals surface area contributed by atoms with Crippen molar-refractivity contribution in [2.45, 2.75) is 58.9 Å². The van der Waals surface area contributed by atoms with Gasteiger partial charge in [-0.25, -0.2) is 4.68 Å². The highest BCUT2D eigenvalue weighted by molar-refractivity contribution is 7.99. The first-order valence-corrected chi connectivity index (χ1v) is 10.3. The number of fused-ring (bicyclic) bond motifs is 1. The summed E-state index contributed by atoms with van der Waals surface area (Å²) in [5.41, 5.74) is 4.41. The Bertz CT molecular complexity index is 915. The molecule has 1 aromatic carbocycles. The quantitative estimate of drug-likeness (QED) is 0.558. The number of rotatable bonds is 5. The molecule has 1 aromatic heterocycles. The van der Waals surface area contributed by atoms with E-state index in [4.69, 9.17) is 4.74 Å². The minimum absolute atomic E-state index is 0.145. The second kappa shape index (κ2) is 7.50. The van der Waals surface area contributed by atoms with Gasteiger partial charge >= 0.3 is 5.97 Å². The highest BCUT2D eigenvalue weighted by Crippen LogP contribution is 2.44.